The van der Waals surface area contributed by atoms with Crippen LogP contribution in [0.5, 0.6) is 0 Å². The molecule has 0 amide bonds. The van der Waals surface area contributed by atoms with E-state index in [1.807, 2.05) is 0 Å². The van der Waals surface area contributed by atoms with Gasteiger partial charge in [-0.05, 0) is 38.5 Å². The van der Waals surface area contributed by atoms with Gasteiger partial charge < -0.3 is 64.2 Å². The van der Waals surface area contributed by atoms with Gasteiger partial charge in [-0.3, -0.25) is 9.59 Å². The van der Waals surface area contributed by atoms with Crippen molar-refractivity contribution >= 4 is 11.9 Å². The van der Waals surface area contributed by atoms with Crippen LogP contribution in [0.15, 0.2) is 12.2 Å². The Morgan fingerprint density at radius 1 is 0.492 bits per heavy atom. The predicted octanol–water partition coefficient (Wildman–Crippen LogP) is 6.21. The Morgan fingerprint density at radius 2 is 0.905 bits per heavy atom. The van der Waals surface area contributed by atoms with Crippen molar-refractivity contribution in [3.05, 3.63) is 12.2 Å². The van der Waals surface area contributed by atoms with E-state index in [2.05, 4.69) is 26.0 Å². The Kier molecular flexibility index (Phi) is 33.1. The topological polar surface area (TPSA) is 231 Å². The molecule has 0 saturated carbocycles. The molecule has 2 rings (SSSR count). The molecule has 11 atom stereocenters. The van der Waals surface area contributed by atoms with Crippen molar-refractivity contribution in [3.8, 4) is 0 Å². The minimum absolute atomic E-state index is 0.164. The average molecular weight is 905 g/mol. The van der Waals surface area contributed by atoms with Gasteiger partial charge in [-0.15, -0.1) is 0 Å². The summed E-state index contributed by atoms with van der Waals surface area (Å²) in [5.74, 6) is -0.926. The minimum Gasteiger partial charge on any atom is -0.462 e. The van der Waals surface area contributed by atoms with E-state index in [-0.39, 0.29) is 26.1 Å². The zero-order chi connectivity index (χ0) is 46.1. The van der Waals surface area contributed by atoms with E-state index in [1.165, 1.54) is 96.3 Å². The lowest BCUT2D eigenvalue weighted by atomic mass is 9.98. The quantitative estimate of drug-likeness (QED) is 0.0208. The molecule has 2 aliphatic heterocycles. The number of aliphatic hydroxyl groups is 7. The average Bonchev–Trinajstić information content (AvgIpc) is 3.28. The van der Waals surface area contributed by atoms with E-state index in [4.69, 9.17) is 28.4 Å². The highest BCUT2D eigenvalue weighted by Gasteiger charge is 2.47. The van der Waals surface area contributed by atoms with Gasteiger partial charge >= 0.3 is 11.9 Å². The van der Waals surface area contributed by atoms with Gasteiger partial charge in [0, 0.05) is 12.8 Å². The zero-order valence-corrected chi connectivity index (χ0v) is 38.8. The van der Waals surface area contributed by atoms with Crippen molar-refractivity contribution in [3.63, 3.8) is 0 Å². The second-order valence-electron chi connectivity index (χ2n) is 17.6. The normalized spacial score (nSPS) is 26.9. The Bertz CT molecular complexity index is 1160. The number of carbonyl (C=O) groups excluding carboxylic acids is 2. The van der Waals surface area contributed by atoms with Crippen LogP contribution in [0.25, 0.3) is 0 Å². The first-order valence-electron chi connectivity index (χ1n) is 24.8. The van der Waals surface area contributed by atoms with Crippen molar-refractivity contribution in [2.75, 3.05) is 26.4 Å². The summed E-state index contributed by atoms with van der Waals surface area (Å²) in [6.45, 7) is 2.56. The number of aliphatic hydroxyl groups excluding tert-OH is 7. The first kappa shape index (κ1) is 57.4. The molecule has 2 aliphatic rings. The predicted molar refractivity (Wildman–Crippen MR) is 238 cm³/mol. The summed E-state index contributed by atoms with van der Waals surface area (Å²) >= 11 is 0. The molecule has 15 heteroatoms. The Hall–Kier alpha value is -1.76. The third kappa shape index (κ3) is 25.1. The molecular formula is C48H88O15. The summed E-state index contributed by atoms with van der Waals surface area (Å²) < 4.78 is 33.5. The molecule has 0 aliphatic carbocycles. The first-order valence-corrected chi connectivity index (χ1v) is 24.8. The Morgan fingerprint density at radius 3 is 1.40 bits per heavy atom. The monoisotopic (exact) mass is 905 g/mol. The van der Waals surface area contributed by atoms with Gasteiger partial charge in [-0.2, -0.15) is 0 Å². The lowest BCUT2D eigenvalue weighted by molar-refractivity contribution is -0.332. The smallest absolute Gasteiger partial charge is 0.306 e. The lowest BCUT2D eigenvalue weighted by Gasteiger charge is -2.42. The molecule has 0 aromatic heterocycles. The van der Waals surface area contributed by atoms with Crippen LogP contribution >= 0.6 is 0 Å². The Labute approximate surface area is 378 Å². The van der Waals surface area contributed by atoms with Crippen LogP contribution in [0.3, 0.4) is 0 Å². The largest absolute Gasteiger partial charge is 0.462 e. The maximum Gasteiger partial charge on any atom is 0.306 e. The number of hydrogen-bond donors (Lipinski definition) is 7. The Balaban J connectivity index is 1.80. The van der Waals surface area contributed by atoms with Crippen LogP contribution < -0.4 is 0 Å². The molecule has 2 saturated heterocycles. The highest BCUT2D eigenvalue weighted by Crippen LogP contribution is 2.26. The van der Waals surface area contributed by atoms with Crippen molar-refractivity contribution < 1.29 is 73.8 Å². The van der Waals surface area contributed by atoms with Gasteiger partial charge in [0.2, 0.25) is 0 Å². The van der Waals surface area contributed by atoms with Crippen LogP contribution in [0, 0.1) is 0 Å². The van der Waals surface area contributed by atoms with Crippen molar-refractivity contribution in [2.45, 2.75) is 255 Å². The third-order valence-electron chi connectivity index (χ3n) is 12.0. The fraction of sp³-hybridized carbons (Fsp3) is 0.917. The summed E-state index contributed by atoms with van der Waals surface area (Å²) in [6, 6.07) is 0. The van der Waals surface area contributed by atoms with Gasteiger partial charge in [0.25, 0.3) is 0 Å². The summed E-state index contributed by atoms with van der Waals surface area (Å²) in [4.78, 5) is 25.6. The van der Waals surface area contributed by atoms with E-state index in [0.717, 1.165) is 51.4 Å². The van der Waals surface area contributed by atoms with Gasteiger partial charge in [0.15, 0.2) is 18.7 Å². The number of rotatable bonds is 38. The number of esters is 2. The SMILES string of the molecule is CCCCCCCCC/C=C\CCCCCCCCCC(=O)OC(COC(=O)CCCCCCCCCCC)COC1OC(COC2OC(CO)C(O)C(O)C2O)C(O)C(O)C1O. The first-order chi connectivity index (χ1) is 30.5. The fourth-order valence-corrected chi connectivity index (χ4v) is 7.86. The second-order valence-corrected chi connectivity index (χ2v) is 17.6. The van der Waals surface area contributed by atoms with E-state index in [1.54, 1.807) is 0 Å². The van der Waals surface area contributed by atoms with Crippen LogP contribution in [0.2, 0.25) is 0 Å². The molecule has 15 nitrogen and oxygen atoms in total. The summed E-state index contributed by atoms with van der Waals surface area (Å²) in [5.41, 5.74) is 0. The second kappa shape index (κ2) is 36.4. The van der Waals surface area contributed by atoms with Crippen LogP contribution in [-0.4, -0.2) is 142 Å². The molecule has 2 heterocycles. The van der Waals surface area contributed by atoms with Crippen molar-refractivity contribution in [2.24, 2.45) is 0 Å². The van der Waals surface area contributed by atoms with Crippen LogP contribution in [0.1, 0.15) is 187 Å². The van der Waals surface area contributed by atoms with Crippen LogP contribution in [-0.2, 0) is 38.0 Å². The molecular weight excluding hydrogens is 817 g/mol. The highest BCUT2D eigenvalue weighted by atomic mass is 16.7. The number of allylic oxidation sites excluding steroid dienone is 2. The molecule has 2 fully saturated rings. The standard InChI is InChI=1S/C48H88O15/c1-3-5-7-9-11-13-14-15-16-17-18-19-20-21-23-25-27-29-31-40(51)61-36(33-58-39(50)30-28-26-24-22-12-10-8-6-4-2)34-59-47-46(57)44(55)42(53)38(63-47)35-60-48-45(56)43(54)41(52)37(32-49)62-48/h16-17,36-38,41-49,52-57H,3-15,18-35H2,1-2H3/b17-16-. The third-order valence-corrected chi connectivity index (χ3v) is 12.0. The van der Waals surface area contributed by atoms with Crippen LogP contribution in [0.4, 0.5) is 0 Å². The maximum atomic E-state index is 13.0. The van der Waals surface area contributed by atoms with Gasteiger partial charge in [0.1, 0.15) is 55.4 Å². The summed E-state index contributed by atoms with van der Waals surface area (Å²) in [7, 11) is 0. The molecule has 63 heavy (non-hydrogen) atoms. The van der Waals surface area contributed by atoms with E-state index in [0.29, 0.717) is 12.8 Å². The molecule has 0 bridgehead atoms. The highest BCUT2D eigenvalue weighted by molar-refractivity contribution is 5.70. The summed E-state index contributed by atoms with van der Waals surface area (Å²) in [5, 5.41) is 71.9. The molecule has 11 unspecified atom stereocenters. The molecule has 7 N–H and O–H groups in total. The van der Waals surface area contributed by atoms with Crippen molar-refractivity contribution in [1.29, 1.82) is 0 Å². The van der Waals surface area contributed by atoms with E-state index >= 15 is 0 Å². The fourth-order valence-electron chi connectivity index (χ4n) is 7.86. The zero-order valence-electron chi connectivity index (χ0n) is 38.8. The molecule has 370 valence electrons. The van der Waals surface area contributed by atoms with Gasteiger partial charge in [-0.25, -0.2) is 0 Å². The number of unbranched alkanes of at least 4 members (excludes halogenated alkanes) is 22. The van der Waals surface area contributed by atoms with Gasteiger partial charge in [-0.1, -0.05) is 148 Å². The van der Waals surface area contributed by atoms with Crippen molar-refractivity contribution in [1.82, 2.24) is 0 Å². The lowest BCUT2D eigenvalue weighted by Crippen LogP contribution is -2.61. The number of carbonyl (C=O) groups is 2. The van der Waals surface area contributed by atoms with E-state index < -0.39 is 92.7 Å². The maximum absolute atomic E-state index is 13.0. The van der Waals surface area contributed by atoms with E-state index in [9.17, 15) is 45.3 Å². The molecule has 0 radical (unpaired) electrons. The molecule has 0 spiro atoms. The van der Waals surface area contributed by atoms with Gasteiger partial charge in [0.05, 0.1) is 19.8 Å². The number of ether oxygens (including phenoxy) is 6. The number of hydrogen-bond acceptors (Lipinski definition) is 15. The molecule has 0 aromatic carbocycles. The molecule has 0 aromatic rings. The minimum atomic E-state index is -1.76. The summed E-state index contributed by atoms with van der Waals surface area (Å²) in [6.07, 6.45) is 16.9.